The molecular weight excluding hydrogens is 258 g/mol. The fourth-order valence-electron chi connectivity index (χ4n) is 2.57. The van der Waals surface area contributed by atoms with Gasteiger partial charge in [-0.05, 0) is 52.6 Å². The Morgan fingerprint density at radius 3 is 2.38 bits per heavy atom. The van der Waals surface area contributed by atoms with E-state index in [1.54, 1.807) is 6.07 Å². The first kappa shape index (κ1) is 13.6. The number of aromatic amines is 1. The average molecular weight is 277 g/mol. The first-order valence-electron chi connectivity index (χ1n) is 7.41. The van der Waals surface area contributed by atoms with Crippen molar-refractivity contribution in [2.45, 2.75) is 26.2 Å². The van der Waals surface area contributed by atoms with Gasteiger partial charge in [-0.1, -0.05) is 44.2 Å². The fourth-order valence-corrected chi connectivity index (χ4v) is 2.57. The van der Waals surface area contributed by atoms with Gasteiger partial charge in [0.05, 0.1) is 0 Å². The van der Waals surface area contributed by atoms with Gasteiger partial charge in [0, 0.05) is 11.6 Å². The van der Waals surface area contributed by atoms with Crippen LogP contribution >= 0.6 is 0 Å². The lowest BCUT2D eigenvalue weighted by atomic mass is 9.95. The van der Waals surface area contributed by atoms with Crippen LogP contribution in [0.3, 0.4) is 0 Å². The van der Waals surface area contributed by atoms with Gasteiger partial charge in [0.15, 0.2) is 0 Å². The zero-order valence-electron chi connectivity index (χ0n) is 12.4. The van der Waals surface area contributed by atoms with Crippen LogP contribution in [0.4, 0.5) is 0 Å². The van der Waals surface area contributed by atoms with Crippen LogP contribution in [-0.2, 0) is 0 Å². The van der Waals surface area contributed by atoms with Crippen molar-refractivity contribution in [3.05, 3.63) is 70.5 Å². The fraction of sp³-hybridized carbons (Fsp3) is 0.211. The van der Waals surface area contributed by atoms with Crippen molar-refractivity contribution in [3.8, 4) is 11.1 Å². The molecule has 2 aromatic carbocycles. The van der Waals surface area contributed by atoms with E-state index in [1.807, 2.05) is 12.1 Å². The molecule has 2 heteroatoms. The molecule has 0 radical (unpaired) electrons. The molecule has 21 heavy (non-hydrogen) atoms. The van der Waals surface area contributed by atoms with Gasteiger partial charge in [0.25, 0.3) is 0 Å². The average Bonchev–Trinajstić information content (AvgIpc) is 2.53. The SMILES string of the molecule is CCC(C)c1ccc(-c2ccc3[nH]c(=O)ccc3c2)cc1. The third-order valence-corrected chi connectivity index (χ3v) is 4.15. The second kappa shape index (κ2) is 5.57. The van der Waals surface area contributed by atoms with Crippen molar-refractivity contribution in [1.82, 2.24) is 4.98 Å². The Kier molecular flexibility index (Phi) is 3.61. The molecule has 0 fully saturated rings. The summed E-state index contributed by atoms with van der Waals surface area (Å²) in [6, 6.07) is 18.3. The Labute approximate surface area is 124 Å². The van der Waals surface area contributed by atoms with E-state index >= 15 is 0 Å². The maximum atomic E-state index is 11.3. The van der Waals surface area contributed by atoms with Gasteiger partial charge in [-0.25, -0.2) is 0 Å². The normalized spacial score (nSPS) is 12.5. The van der Waals surface area contributed by atoms with Crippen LogP contribution in [0.2, 0.25) is 0 Å². The van der Waals surface area contributed by atoms with Gasteiger partial charge in [-0.2, -0.15) is 0 Å². The number of pyridine rings is 1. The van der Waals surface area contributed by atoms with E-state index in [0.29, 0.717) is 5.92 Å². The topological polar surface area (TPSA) is 32.9 Å². The summed E-state index contributed by atoms with van der Waals surface area (Å²) < 4.78 is 0. The number of rotatable bonds is 3. The molecule has 0 bridgehead atoms. The van der Waals surface area contributed by atoms with Gasteiger partial charge >= 0.3 is 0 Å². The summed E-state index contributed by atoms with van der Waals surface area (Å²) in [4.78, 5) is 14.2. The van der Waals surface area contributed by atoms with E-state index < -0.39 is 0 Å². The predicted octanol–water partition coefficient (Wildman–Crippen LogP) is 4.71. The highest BCUT2D eigenvalue weighted by atomic mass is 16.1. The molecule has 1 N–H and O–H groups in total. The summed E-state index contributed by atoms with van der Waals surface area (Å²) in [6.45, 7) is 4.46. The maximum Gasteiger partial charge on any atom is 0.248 e. The third-order valence-electron chi connectivity index (χ3n) is 4.15. The van der Waals surface area contributed by atoms with Crippen LogP contribution in [0.15, 0.2) is 59.4 Å². The highest BCUT2D eigenvalue weighted by Crippen LogP contribution is 2.26. The van der Waals surface area contributed by atoms with Crippen molar-refractivity contribution in [1.29, 1.82) is 0 Å². The Hall–Kier alpha value is -2.35. The summed E-state index contributed by atoms with van der Waals surface area (Å²) in [5.74, 6) is 0.598. The van der Waals surface area contributed by atoms with Crippen LogP contribution in [0, 0.1) is 0 Å². The molecule has 1 atom stereocenters. The van der Waals surface area contributed by atoms with Crippen molar-refractivity contribution in [2.24, 2.45) is 0 Å². The van der Waals surface area contributed by atoms with Crippen molar-refractivity contribution >= 4 is 10.9 Å². The van der Waals surface area contributed by atoms with Crippen molar-refractivity contribution in [3.63, 3.8) is 0 Å². The zero-order chi connectivity index (χ0) is 14.8. The smallest absolute Gasteiger partial charge is 0.248 e. The number of nitrogens with one attached hydrogen (secondary N) is 1. The Morgan fingerprint density at radius 1 is 0.952 bits per heavy atom. The van der Waals surface area contributed by atoms with E-state index in [0.717, 1.165) is 17.3 Å². The minimum atomic E-state index is -0.0619. The van der Waals surface area contributed by atoms with Crippen LogP contribution in [0.5, 0.6) is 0 Å². The van der Waals surface area contributed by atoms with Gasteiger partial charge in [-0.15, -0.1) is 0 Å². The summed E-state index contributed by atoms with van der Waals surface area (Å²) in [5.41, 5.74) is 4.57. The highest BCUT2D eigenvalue weighted by Gasteiger charge is 2.04. The van der Waals surface area contributed by atoms with Gasteiger partial charge in [-0.3, -0.25) is 4.79 Å². The van der Waals surface area contributed by atoms with E-state index in [2.05, 4.69) is 55.2 Å². The molecule has 0 spiro atoms. The van der Waals surface area contributed by atoms with Crippen LogP contribution in [0.25, 0.3) is 22.0 Å². The molecule has 1 heterocycles. The number of fused-ring (bicyclic) bond motifs is 1. The minimum Gasteiger partial charge on any atom is -0.322 e. The van der Waals surface area contributed by atoms with E-state index in [-0.39, 0.29) is 5.56 Å². The molecule has 0 saturated carbocycles. The summed E-state index contributed by atoms with van der Waals surface area (Å²) >= 11 is 0. The van der Waals surface area contributed by atoms with Gasteiger partial charge < -0.3 is 4.98 Å². The number of H-pyrrole nitrogens is 1. The predicted molar refractivity (Wildman–Crippen MR) is 88.7 cm³/mol. The molecule has 3 aromatic rings. The first-order valence-corrected chi connectivity index (χ1v) is 7.41. The summed E-state index contributed by atoms with van der Waals surface area (Å²) in [7, 11) is 0. The highest BCUT2D eigenvalue weighted by molar-refractivity contribution is 5.84. The van der Waals surface area contributed by atoms with Gasteiger partial charge in [0.1, 0.15) is 0 Å². The summed E-state index contributed by atoms with van der Waals surface area (Å²) in [6.07, 6.45) is 1.16. The quantitative estimate of drug-likeness (QED) is 0.739. The molecule has 3 rings (SSSR count). The Bertz CT molecular complexity index is 815. The number of hydrogen-bond acceptors (Lipinski definition) is 1. The Morgan fingerprint density at radius 2 is 1.67 bits per heavy atom. The first-order chi connectivity index (χ1) is 10.2. The molecular formula is C19H19NO. The van der Waals surface area contributed by atoms with Crippen molar-refractivity contribution < 1.29 is 0 Å². The lowest BCUT2D eigenvalue weighted by Gasteiger charge is -2.10. The van der Waals surface area contributed by atoms with Gasteiger partial charge in [0.2, 0.25) is 5.56 Å². The molecule has 0 aliphatic heterocycles. The van der Waals surface area contributed by atoms with Crippen LogP contribution < -0.4 is 5.56 Å². The monoisotopic (exact) mass is 277 g/mol. The molecule has 0 amide bonds. The Balaban J connectivity index is 2.00. The molecule has 2 nitrogen and oxygen atoms in total. The minimum absolute atomic E-state index is 0.0619. The van der Waals surface area contributed by atoms with E-state index in [1.165, 1.54) is 16.7 Å². The molecule has 0 aliphatic carbocycles. The lowest BCUT2D eigenvalue weighted by molar-refractivity contribution is 0.734. The third kappa shape index (κ3) is 2.75. The number of benzene rings is 2. The molecule has 1 aromatic heterocycles. The number of hydrogen-bond donors (Lipinski definition) is 1. The van der Waals surface area contributed by atoms with Crippen molar-refractivity contribution in [2.75, 3.05) is 0 Å². The summed E-state index contributed by atoms with van der Waals surface area (Å²) in [5, 5.41) is 1.05. The second-order valence-electron chi connectivity index (χ2n) is 5.56. The number of aromatic nitrogens is 1. The molecule has 106 valence electrons. The van der Waals surface area contributed by atoms with E-state index in [4.69, 9.17) is 0 Å². The van der Waals surface area contributed by atoms with Crippen LogP contribution in [-0.4, -0.2) is 4.98 Å². The second-order valence-corrected chi connectivity index (χ2v) is 5.56. The molecule has 0 aliphatic rings. The zero-order valence-corrected chi connectivity index (χ0v) is 12.4. The van der Waals surface area contributed by atoms with E-state index in [9.17, 15) is 4.79 Å². The lowest BCUT2D eigenvalue weighted by Crippen LogP contribution is -2.01. The van der Waals surface area contributed by atoms with Crippen LogP contribution in [0.1, 0.15) is 31.7 Å². The standard InChI is InChI=1S/C19H19NO/c1-3-13(2)14-4-6-15(7-5-14)16-8-10-18-17(12-16)9-11-19(21)20-18/h4-13H,3H2,1-2H3,(H,20,21). The largest absolute Gasteiger partial charge is 0.322 e. The maximum absolute atomic E-state index is 11.3. The molecule has 1 unspecified atom stereocenters. The molecule has 0 saturated heterocycles.